The Morgan fingerprint density at radius 1 is 1.41 bits per heavy atom. The molecular weight excluding hydrogens is 214 g/mol. The Balaban J connectivity index is 2.03. The molecule has 0 spiro atoms. The monoisotopic (exact) mass is 235 g/mol. The lowest BCUT2D eigenvalue weighted by molar-refractivity contribution is -0.120. The highest BCUT2D eigenvalue weighted by atomic mass is 16.1. The van der Waals surface area contributed by atoms with Crippen molar-refractivity contribution < 1.29 is 4.79 Å². The largest absolute Gasteiger partial charge is 0.383 e. The second-order valence-corrected chi connectivity index (χ2v) is 4.72. The van der Waals surface area contributed by atoms with Crippen LogP contribution in [0.1, 0.15) is 26.2 Å². The summed E-state index contributed by atoms with van der Waals surface area (Å²) in [6.45, 7) is 2.63. The van der Waals surface area contributed by atoms with Gasteiger partial charge in [-0.15, -0.1) is 0 Å². The van der Waals surface area contributed by atoms with Crippen molar-refractivity contribution in [2.24, 2.45) is 0 Å². The van der Waals surface area contributed by atoms with Gasteiger partial charge >= 0.3 is 0 Å². The van der Waals surface area contributed by atoms with E-state index in [1.807, 2.05) is 18.4 Å². The summed E-state index contributed by atoms with van der Waals surface area (Å²) in [5, 5.41) is 9.88. The van der Waals surface area contributed by atoms with Crippen LogP contribution in [0, 0.1) is 0 Å². The van der Waals surface area contributed by atoms with Gasteiger partial charge in [-0.3, -0.25) is 4.79 Å². The topological polar surface area (TPSA) is 53.2 Å². The summed E-state index contributed by atoms with van der Waals surface area (Å²) in [4.78, 5) is 11.3. The Morgan fingerprint density at radius 2 is 2.29 bits per heavy atom. The molecule has 2 rings (SSSR count). The number of carbonyl (C=O) groups excluding carboxylic acids is 1. The second-order valence-electron chi connectivity index (χ2n) is 4.72. The summed E-state index contributed by atoms with van der Waals surface area (Å²) in [7, 11) is 0. The van der Waals surface area contributed by atoms with Crippen molar-refractivity contribution >= 4 is 5.91 Å². The molecule has 94 valence electrons. The molecule has 1 fully saturated rings. The molecule has 1 amide bonds. The first kappa shape index (κ1) is 12.2. The van der Waals surface area contributed by atoms with Gasteiger partial charge in [-0.05, 0) is 31.7 Å². The van der Waals surface area contributed by atoms with Crippen LogP contribution in [0.3, 0.4) is 0 Å². The minimum atomic E-state index is 0.0344. The fourth-order valence-corrected chi connectivity index (χ4v) is 2.55. The summed E-state index contributed by atoms with van der Waals surface area (Å²) >= 11 is 0. The summed E-state index contributed by atoms with van der Waals surface area (Å²) < 4.78 is 0. The summed E-state index contributed by atoms with van der Waals surface area (Å²) in [6.07, 6.45) is 11.6. The van der Waals surface area contributed by atoms with Crippen molar-refractivity contribution in [2.45, 2.75) is 44.3 Å². The predicted molar refractivity (Wildman–Crippen MR) is 68.5 cm³/mol. The van der Waals surface area contributed by atoms with E-state index in [0.717, 1.165) is 13.0 Å². The molecule has 3 unspecified atom stereocenters. The highest BCUT2D eigenvalue weighted by Gasteiger charge is 2.29. The molecule has 3 atom stereocenters. The molecule has 0 bridgehead atoms. The number of dihydropyridines is 1. The lowest BCUT2D eigenvalue weighted by Crippen LogP contribution is -2.59. The minimum Gasteiger partial charge on any atom is -0.383 e. The predicted octanol–water partition coefficient (Wildman–Crippen LogP) is 0.675. The van der Waals surface area contributed by atoms with Gasteiger partial charge in [0.2, 0.25) is 5.91 Å². The number of nitrogens with one attached hydrogen (secondary N) is 3. The van der Waals surface area contributed by atoms with Crippen molar-refractivity contribution in [1.82, 2.24) is 16.0 Å². The highest BCUT2D eigenvalue weighted by Crippen LogP contribution is 2.14. The average molecular weight is 235 g/mol. The van der Waals surface area contributed by atoms with E-state index < -0.39 is 0 Å². The van der Waals surface area contributed by atoms with E-state index in [2.05, 4.69) is 22.0 Å². The van der Waals surface area contributed by atoms with Crippen LogP contribution in [0.2, 0.25) is 0 Å². The third-order valence-corrected chi connectivity index (χ3v) is 3.35. The summed E-state index contributed by atoms with van der Waals surface area (Å²) in [5.74, 6) is 0.0344. The number of allylic oxidation sites excluding steroid dienone is 2. The van der Waals surface area contributed by atoms with Gasteiger partial charge in [0, 0.05) is 13.0 Å². The molecule has 0 aromatic heterocycles. The van der Waals surface area contributed by atoms with Gasteiger partial charge in [0.15, 0.2) is 0 Å². The van der Waals surface area contributed by atoms with Crippen molar-refractivity contribution in [3.8, 4) is 0 Å². The number of carbonyl (C=O) groups is 1. The standard InChI is InChI=1S/C13H21N3O/c1-10(17)16-13(11-6-2-4-8-14-11)12-7-3-5-9-15-12/h2,4,6,8,11-15H,3,5,7,9H2,1H3,(H,16,17). The normalized spacial score (nSPS) is 29.5. The zero-order valence-corrected chi connectivity index (χ0v) is 10.3. The lowest BCUT2D eigenvalue weighted by Gasteiger charge is -2.36. The molecule has 2 aliphatic heterocycles. The molecule has 0 radical (unpaired) electrons. The lowest BCUT2D eigenvalue weighted by atomic mass is 9.92. The van der Waals surface area contributed by atoms with E-state index in [9.17, 15) is 4.79 Å². The van der Waals surface area contributed by atoms with E-state index in [1.54, 1.807) is 6.92 Å². The maximum atomic E-state index is 11.3. The first-order chi connectivity index (χ1) is 8.27. The van der Waals surface area contributed by atoms with Gasteiger partial charge in [0.25, 0.3) is 0 Å². The van der Waals surface area contributed by atoms with Crippen LogP contribution in [-0.2, 0) is 4.79 Å². The first-order valence-corrected chi connectivity index (χ1v) is 6.37. The molecular formula is C13H21N3O. The fraction of sp³-hybridized carbons (Fsp3) is 0.615. The first-order valence-electron chi connectivity index (χ1n) is 6.37. The third kappa shape index (κ3) is 3.33. The maximum absolute atomic E-state index is 11.3. The number of amides is 1. The van der Waals surface area contributed by atoms with Gasteiger partial charge in [-0.1, -0.05) is 18.6 Å². The molecule has 0 aromatic carbocycles. The van der Waals surface area contributed by atoms with Gasteiger partial charge in [-0.25, -0.2) is 0 Å². The van der Waals surface area contributed by atoms with Crippen molar-refractivity contribution in [3.63, 3.8) is 0 Å². The molecule has 0 aromatic rings. The van der Waals surface area contributed by atoms with Crippen molar-refractivity contribution in [3.05, 3.63) is 24.4 Å². The molecule has 3 N–H and O–H groups in total. The molecule has 17 heavy (non-hydrogen) atoms. The van der Waals surface area contributed by atoms with Crippen LogP contribution in [-0.4, -0.2) is 30.6 Å². The van der Waals surface area contributed by atoms with Crippen LogP contribution >= 0.6 is 0 Å². The summed E-state index contributed by atoms with van der Waals surface area (Å²) in [6, 6.07) is 0.662. The minimum absolute atomic E-state index is 0.0344. The van der Waals surface area contributed by atoms with Crippen LogP contribution in [0.5, 0.6) is 0 Å². The molecule has 4 nitrogen and oxygen atoms in total. The van der Waals surface area contributed by atoms with Crippen LogP contribution < -0.4 is 16.0 Å². The van der Waals surface area contributed by atoms with E-state index >= 15 is 0 Å². The van der Waals surface area contributed by atoms with Crippen molar-refractivity contribution in [1.29, 1.82) is 0 Å². The van der Waals surface area contributed by atoms with E-state index in [0.29, 0.717) is 6.04 Å². The van der Waals surface area contributed by atoms with Crippen LogP contribution in [0.25, 0.3) is 0 Å². The Hall–Kier alpha value is -1.29. The van der Waals surface area contributed by atoms with E-state index in [4.69, 9.17) is 0 Å². The molecule has 4 heteroatoms. The Labute approximate surface area is 103 Å². The van der Waals surface area contributed by atoms with Gasteiger partial charge in [0.05, 0.1) is 12.1 Å². The smallest absolute Gasteiger partial charge is 0.217 e. The van der Waals surface area contributed by atoms with Gasteiger partial charge in [-0.2, -0.15) is 0 Å². The fourth-order valence-electron chi connectivity index (χ4n) is 2.55. The summed E-state index contributed by atoms with van der Waals surface area (Å²) in [5.41, 5.74) is 0. The van der Waals surface area contributed by atoms with E-state index in [-0.39, 0.29) is 18.0 Å². The Morgan fingerprint density at radius 3 is 2.88 bits per heavy atom. The SMILES string of the molecule is CC(=O)NC(C1C=CC=CN1)C1CCCCN1. The second kappa shape index (κ2) is 5.87. The number of piperidine rings is 1. The quantitative estimate of drug-likeness (QED) is 0.674. The van der Waals surface area contributed by atoms with E-state index in [1.165, 1.54) is 12.8 Å². The zero-order chi connectivity index (χ0) is 12.1. The average Bonchev–Trinajstić information content (AvgIpc) is 2.38. The van der Waals surface area contributed by atoms with Gasteiger partial charge < -0.3 is 16.0 Å². The van der Waals surface area contributed by atoms with Crippen molar-refractivity contribution in [2.75, 3.05) is 6.54 Å². The number of rotatable bonds is 3. The zero-order valence-electron chi connectivity index (χ0n) is 10.3. The Kier molecular flexibility index (Phi) is 4.20. The molecule has 1 saturated heterocycles. The Bertz CT molecular complexity index is 319. The third-order valence-electron chi connectivity index (χ3n) is 3.35. The molecule has 2 heterocycles. The van der Waals surface area contributed by atoms with Gasteiger partial charge in [0.1, 0.15) is 0 Å². The molecule has 0 aliphatic carbocycles. The number of hydrogen-bond donors (Lipinski definition) is 3. The molecule has 0 saturated carbocycles. The van der Waals surface area contributed by atoms with Crippen LogP contribution in [0.4, 0.5) is 0 Å². The molecule has 2 aliphatic rings. The number of hydrogen-bond acceptors (Lipinski definition) is 3. The maximum Gasteiger partial charge on any atom is 0.217 e. The van der Waals surface area contributed by atoms with Crippen LogP contribution in [0.15, 0.2) is 24.4 Å². The highest BCUT2D eigenvalue weighted by molar-refractivity contribution is 5.73.